The van der Waals surface area contributed by atoms with Crippen LogP contribution in [0.2, 0.25) is 0 Å². The molecule has 1 aromatic heterocycles. The average Bonchev–Trinajstić information content (AvgIpc) is 2.91. The molecular weight excluding hydrogens is 302 g/mol. The van der Waals surface area contributed by atoms with Crippen molar-refractivity contribution in [1.82, 2.24) is 10.3 Å². The van der Waals surface area contributed by atoms with E-state index in [1.165, 1.54) is 14.2 Å². The molecule has 0 aliphatic carbocycles. The van der Waals surface area contributed by atoms with Crippen LogP contribution in [0.1, 0.15) is 30.2 Å². The van der Waals surface area contributed by atoms with Crippen LogP contribution in [0.3, 0.4) is 0 Å². The second-order valence-electron chi connectivity index (χ2n) is 5.11. The number of aryl methyl sites for hydroxylation is 1. The maximum absolute atomic E-state index is 11.6. The van der Waals surface area contributed by atoms with E-state index < -0.39 is 12.0 Å². The largest absolute Gasteiger partial charge is 0.469 e. The molecule has 1 heterocycles. The fourth-order valence-corrected chi connectivity index (χ4v) is 2.04. The lowest BCUT2D eigenvalue weighted by atomic mass is 10.0. The van der Waals surface area contributed by atoms with Gasteiger partial charge in [-0.15, -0.1) is 0 Å². The maximum atomic E-state index is 11.6. The highest BCUT2D eigenvalue weighted by molar-refractivity contribution is 5.81. The third-order valence-corrected chi connectivity index (χ3v) is 3.40. The van der Waals surface area contributed by atoms with Gasteiger partial charge in [-0.3, -0.25) is 14.4 Å². The number of hydrogen-bond donors (Lipinski definition) is 3. The number of carbonyl (C=O) groups excluding carboxylic acids is 3. The fourth-order valence-electron chi connectivity index (χ4n) is 2.04. The molecule has 23 heavy (non-hydrogen) atoms. The number of nitrogens with two attached hydrogens (primary N) is 1. The van der Waals surface area contributed by atoms with E-state index in [-0.39, 0.29) is 31.3 Å². The summed E-state index contributed by atoms with van der Waals surface area (Å²) in [6.45, 7) is 1.80. The molecule has 1 rings (SSSR count). The van der Waals surface area contributed by atoms with Gasteiger partial charge in [0.2, 0.25) is 5.91 Å². The summed E-state index contributed by atoms with van der Waals surface area (Å²) in [4.78, 5) is 37.5. The van der Waals surface area contributed by atoms with Crippen LogP contribution in [0.4, 0.5) is 0 Å². The van der Waals surface area contributed by atoms with Crippen LogP contribution in [0, 0.1) is 0 Å². The van der Waals surface area contributed by atoms with Gasteiger partial charge in [0, 0.05) is 18.3 Å². The molecule has 1 aromatic rings. The zero-order valence-corrected chi connectivity index (χ0v) is 13.6. The van der Waals surface area contributed by atoms with Gasteiger partial charge in [0.1, 0.15) is 0 Å². The Kier molecular flexibility index (Phi) is 7.27. The highest BCUT2D eigenvalue weighted by atomic mass is 16.5. The van der Waals surface area contributed by atoms with Crippen LogP contribution in [-0.4, -0.2) is 43.1 Å². The molecule has 0 aliphatic rings. The molecule has 8 nitrogen and oxygen atoms in total. The molecule has 0 aliphatic heterocycles. The summed E-state index contributed by atoms with van der Waals surface area (Å²) >= 11 is 0. The molecule has 0 fully saturated rings. The van der Waals surface area contributed by atoms with Crippen molar-refractivity contribution < 1.29 is 23.9 Å². The second-order valence-corrected chi connectivity index (χ2v) is 5.11. The molecule has 0 bridgehead atoms. The molecular formula is C15H23N3O5. The Morgan fingerprint density at radius 2 is 1.91 bits per heavy atom. The van der Waals surface area contributed by atoms with E-state index in [9.17, 15) is 14.4 Å². The van der Waals surface area contributed by atoms with E-state index in [1.807, 2.05) is 0 Å². The topological polar surface area (TPSA) is 124 Å². The summed E-state index contributed by atoms with van der Waals surface area (Å²) in [5.74, 6) is -1.02. The number of carbonyl (C=O) groups is 3. The van der Waals surface area contributed by atoms with Crippen molar-refractivity contribution in [2.75, 3.05) is 14.2 Å². The zero-order valence-electron chi connectivity index (χ0n) is 13.6. The van der Waals surface area contributed by atoms with Crippen molar-refractivity contribution >= 4 is 17.8 Å². The lowest BCUT2D eigenvalue weighted by Crippen LogP contribution is -2.38. The minimum atomic E-state index is -0.618. The molecule has 0 saturated heterocycles. The van der Waals surface area contributed by atoms with Crippen molar-refractivity contribution in [2.24, 2.45) is 5.73 Å². The Labute approximate surface area is 134 Å². The van der Waals surface area contributed by atoms with Crippen molar-refractivity contribution in [3.05, 3.63) is 23.0 Å². The minimum Gasteiger partial charge on any atom is -0.469 e. The Bertz CT molecular complexity index is 565. The number of esters is 2. The molecule has 0 aromatic carbocycles. The molecule has 0 spiro atoms. The first-order chi connectivity index (χ1) is 10.9. The predicted octanol–water partition coefficient (Wildman–Crippen LogP) is -0.201. The number of nitrogens with one attached hydrogen (secondary N) is 2. The van der Waals surface area contributed by atoms with Crippen molar-refractivity contribution in [2.45, 2.75) is 38.8 Å². The van der Waals surface area contributed by atoms with Crippen molar-refractivity contribution in [3.63, 3.8) is 0 Å². The van der Waals surface area contributed by atoms with Crippen LogP contribution in [0.5, 0.6) is 0 Å². The van der Waals surface area contributed by atoms with Gasteiger partial charge < -0.3 is 25.5 Å². The number of ether oxygens (including phenoxy) is 2. The van der Waals surface area contributed by atoms with Crippen molar-refractivity contribution in [1.29, 1.82) is 0 Å². The van der Waals surface area contributed by atoms with Gasteiger partial charge in [-0.2, -0.15) is 0 Å². The van der Waals surface area contributed by atoms with E-state index in [1.54, 1.807) is 13.1 Å². The summed E-state index contributed by atoms with van der Waals surface area (Å²) in [5, 5.41) is 2.68. The highest BCUT2D eigenvalue weighted by Gasteiger charge is 2.17. The first-order valence-electron chi connectivity index (χ1n) is 7.24. The van der Waals surface area contributed by atoms with Crippen LogP contribution in [-0.2, 0) is 43.2 Å². The second kappa shape index (κ2) is 8.94. The summed E-state index contributed by atoms with van der Waals surface area (Å²) in [6.07, 6.45) is 2.40. The minimum absolute atomic E-state index is 0.0554. The Morgan fingerprint density at radius 3 is 2.48 bits per heavy atom. The quantitative estimate of drug-likeness (QED) is 0.569. The molecule has 0 unspecified atom stereocenters. The van der Waals surface area contributed by atoms with Crippen LogP contribution >= 0.6 is 0 Å². The first kappa shape index (κ1) is 18.7. The standard InChI is InChI=1S/C15H23N3O5/c1-9(16)15(21)18-8-12-11(6-14(20)23-3)10(7-17-12)4-5-13(19)22-2/h7,9,17H,4-6,8,16H2,1-3H3,(H,18,21)/t9-/m0/s1. The van der Waals surface area contributed by atoms with Gasteiger partial charge in [-0.05, 0) is 24.5 Å². The molecule has 0 radical (unpaired) electrons. The fraction of sp³-hybridized carbons (Fsp3) is 0.533. The van der Waals surface area contributed by atoms with Gasteiger partial charge in [-0.1, -0.05) is 0 Å². The van der Waals surface area contributed by atoms with Gasteiger partial charge in [0.25, 0.3) is 0 Å². The summed E-state index contributed by atoms with van der Waals surface area (Å²) in [7, 11) is 2.63. The smallest absolute Gasteiger partial charge is 0.310 e. The number of methoxy groups -OCH3 is 2. The van der Waals surface area contributed by atoms with E-state index in [2.05, 4.69) is 15.0 Å². The first-order valence-corrected chi connectivity index (χ1v) is 7.24. The van der Waals surface area contributed by atoms with Crippen LogP contribution in [0.15, 0.2) is 6.20 Å². The SMILES string of the molecule is COC(=O)CCc1c[nH]c(CNC(=O)[C@H](C)N)c1CC(=O)OC. The third-order valence-electron chi connectivity index (χ3n) is 3.40. The van der Waals surface area contributed by atoms with E-state index in [4.69, 9.17) is 10.5 Å². The Morgan fingerprint density at radius 1 is 1.26 bits per heavy atom. The van der Waals surface area contributed by atoms with Crippen molar-refractivity contribution in [3.8, 4) is 0 Å². The predicted molar refractivity (Wildman–Crippen MR) is 82.3 cm³/mol. The lowest BCUT2D eigenvalue weighted by Gasteiger charge is -2.09. The molecule has 4 N–H and O–H groups in total. The van der Waals surface area contributed by atoms with Gasteiger partial charge in [0.15, 0.2) is 0 Å². The summed E-state index contributed by atoms with van der Waals surface area (Å²) in [5.41, 5.74) is 7.70. The third kappa shape index (κ3) is 5.74. The van der Waals surface area contributed by atoms with E-state index in [0.29, 0.717) is 17.7 Å². The number of aromatic nitrogens is 1. The number of rotatable bonds is 8. The van der Waals surface area contributed by atoms with Gasteiger partial charge in [0.05, 0.1) is 33.2 Å². The zero-order chi connectivity index (χ0) is 17.4. The average molecular weight is 325 g/mol. The number of H-pyrrole nitrogens is 1. The maximum Gasteiger partial charge on any atom is 0.310 e. The molecule has 0 saturated carbocycles. The summed E-state index contributed by atoms with van der Waals surface area (Å²) < 4.78 is 9.31. The molecule has 1 amide bonds. The van der Waals surface area contributed by atoms with Crippen LogP contribution < -0.4 is 11.1 Å². The normalized spacial score (nSPS) is 11.7. The summed E-state index contributed by atoms with van der Waals surface area (Å²) in [6, 6.07) is -0.618. The Balaban J connectivity index is 2.87. The molecule has 1 atom stereocenters. The molecule has 128 valence electrons. The number of hydrogen-bond acceptors (Lipinski definition) is 6. The van der Waals surface area contributed by atoms with Gasteiger partial charge in [-0.25, -0.2) is 0 Å². The van der Waals surface area contributed by atoms with Crippen LogP contribution in [0.25, 0.3) is 0 Å². The Hall–Kier alpha value is -2.35. The monoisotopic (exact) mass is 325 g/mol. The number of amides is 1. The lowest BCUT2D eigenvalue weighted by molar-refractivity contribution is -0.141. The van der Waals surface area contributed by atoms with E-state index in [0.717, 1.165) is 5.56 Å². The molecule has 8 heteroatoms. The number of aromatic amines is 1. The van der Waals surface area contributed by atoms with Gasteiger partial charge >= 0.3 is 11.9 Å². The van der Waals surface area contributed by atoms with E-state index >= 15 is 0 Å². The highest BCUT2D eigenvalue weighted by Crippen LogP contribution is 2.18.